The van der Waals surface area contributed by atoms with Gasteiger partial charge in [-0.05, 0) is 51.1 Å². The zero-order valence-electron chi connectivity index (χ0n) is 14.3. The summed E-state index contributed by atoms with van der Waals surface area (Å²) < 4.78 is 31.1. The van der Waals surface area contributed by atoms with E-state index in [0.29, 0.717) is 22.9 Å². The highest BCUT2D eigenvalue weighted by Gasteiger charge is 2.09. The molecule has 0 aliphatic carbocycles. The van der Waals surface area contributed by atoms with Crippen LogP contribution in [0.2, 0.25) is 0 Å². The molecule has 25 heavy (non-hydrogen) atoms. The summed E-state index contributed by atoms with van der Waals surface area (Å²) in [5.74, 6) is 0.655. The third-order valence-electron chi connectivity index (χ3n) is 3.15. The quantitative estimate of drug-likeness (QED) is 0.788. The molecule has 0 unspecified atom stereocenters. The Morgan fingerprint density at radius 1 is 1.16 bits per heavy atom. The molecule has 0 spiro atoms. The molecule has 1 aromatic carbocycles. The van der Waals surface area contributed by atoms with Crippen LogP contribution in [0.4, 0.5) is 5.69 Å². The van der Waals surface area contributed by atoms with Gasteiger partial charge < -0.3 is 10.1 Å². The van der Waals surface area contributed by atoms with Crippen molar-refractivity contribution in [2.75, 3.05) is 10.5 Å². The first-order valence-corrected chi connectivity index (χ1v) is 9.49. The summed E-state index contributed by atoms with van der Waals surface area (Å²) in [6, 6.07) is 9.75. The van der Waals surface area contributed by atoms with Gasteiger partial charge in [0.2, 0.25) is 15.9 Å². The molecule has 1 heterocycles. The van der Waals surface area contributed by atoms with Crippen LogP contribution in [0.5, 0.6) is 11.6 Å². The zero-order valence-corrected chi connectivity index (χ0v) is 15.1. The van der Waals surface area contributed by atoms with Gasteiger partial charge in [0, 0.05) is 24.0 Å². The lowest BCUT2D eigenvalue weighted by Crippen LogP contribution is -2.30. The van der Waals surface area contributed by atoms with Crippen molar-refractivity contribution >= 4 is 21.6 Å². The number of rotatable bonds is 7. The van der Waals surface area contributed by atoms with E-state index in [1.54, 1.807) is 43.3 Å². The third kappa shape index (κ3) is 5.75. The zero-order chi connectivity index (χ0) is 18.4. The maximum absolute atomic E-state index is 11.9. The van der Waals surface area contributed by atoms with E-state index in [4.69, 9.17) is 4.74 Å². The van der Waals surface area contributed by atoms with Crippen LogP contribution in [0.15, 0.2) is 42.6 Å². The number of amides is 1. The van der Waals surface area contributed by atoms with Crippen LogP contribution in [0.3, 0.4) is 0 Å². The van der Waals surface area contributed by atoms with E-state index in [0.717, 1.165) is 0 Å². The Hall–Kier alpha value is -2.61. The number of carbonyl (C=O) groups excluding carboxylic acids is 1. The molecule has 1 amide bonds. The Morgan fingerprint density at radius 3 is 2.36 bits per heavy atom. The Labute approximate surface area is 147 Å². The minimum atomic E-state index is -3.31. The number of ether oxygens (including phenoxy) is 1. The Bertz CT molecular complexity index is 816. The second-order valence-electron chi connectivity index (χ2n) is 5.65. The Balaban J connectivity index is 2.01. The fourth-order valence-electron chi connectivity index (χ4n) is 1.88. The SMILES string of the molecule is CCS(=O)(=O)Nc1ccc(Oc2ccc(C(=O)NC(C)C)cn2)cc1. The average Bonchev–Trinajstić information content (AvgIpc) is 2.56. The lowest BCUT2D eigenvalue weighted by Gasteiger charge is -2.09. The number of carbonyl (C=O) groups is 1. The van der Waals surface area contributed by atoms with Crippen molar-refractivity contribution in [1.29, 1.82) is 0 Å². The first kappa shape index (κ1) is 18.7. The predicted molar refractivity (Wildman–Crippen MR) is 96.4 cm³/mol. The van der Waals surface area contributed by atoms with Gasteiger partial charge in [-0.3, -0.25) is 9.52 Å². The molecule has 0 saturated heterocycles. The minimum Gasteiger partial charge on any atom is -0.439 e. The highest BCUT2D eigenvalue weighted by atomic mass is 32.2. The number of pyridine rings is 1. The lowest BCUT2D eigenvalue weighted by molar-refractivity contribution is 0.0942. The maximum Gasteiger partial charge on any atom is 0.253 e. The number of nitrogens with one attached hydrogen (secondary N) is 2. The molecule has 0 fully saturated rings. The van der Waals surface area contributed by atoms with Crippen LogP contribution in [-0.2, 0) is 10.0 Å². The van der Waals surface area contributed by atoms with E-state index < -0.39 is 10.0 Å². The van der Waals surface area contributed by atoms with E-state index >= 15 is 0 Å². The van der Waals surface area contributed by atoms with Crippen molar-refractivity contribution < 1.29 is 17.9 Å². The molecule has 0 radical (unpaired) electrons. The van der Waals surface area contributed by atoms with Crippen LogP contribution >= 0.6 is 0 Å². The van der Waals surface area contributed by atoms with Crippen molar-refractivity contribution in [3.05, 3.63) is 48.2 Å². The first-order chi connectivity index (χ1) is 11.8. The standard InChI is InChI=1S/C17H21N3O4S/c1-4-25(22,23)20-14-6-8-15(9-7-14)24-16-10-5-13(11-18-16)17(21)19-12(2)3/h5-12,20H,4H2,1-3H3,(H,19,21). The van der Waals surface area contributed by atoms with Crippen LogP contribution in [-0.4, -0.2) is 31.1 Å². The molecule has 1 aromatic heterocycles. The van der Waals surface area contributed by atoms with E-state index in [-0.39, 0.29) is 17.7 Å². The van der Waals surface area contributed by atoms with Gasteiger partial charge >= 0.3 is 0 Å². The van der Waals surface area contributed by atoms with Crippen LogP contribution in [0.1, 0.15) is 31.1 Å². The van der Waals surface area contributed by atoms with E-state index in [1.807, 2.05) is 13.8 Å². The molecule has 2 N–H and O–H groups in total. The van der Waals surface area contributed by atoms with Gasteiger partial charge in [-0.15, -0.1) is 0 Å². The minimum absolute atomic E-state index is 0.00586. The van der Waals surface area contributed by atoms with Crippen LogP contribution in [0.25, 0.3) is 0 Å². The molecule has 0 bridgehead atoms. The number of hydrogen-bond donors (Lipinski definition) is 2. The second kappa shape index (κ2) is 7.98. The van der Waals surface area contributed by atoms with Gasteiger partial charge in [0.1, 0.15) is 5.75 Å². The molecular formula is C17H21N3O4S. The molecule has 7 nitrogen and oxygen atoms in total. The lowest BCUT2D eigenvalue weighted by atomic mass is 10.2. The largest absolute Gasteiger partial charge is 0.439 e. The average molecular weight is 363 g/mol. The predicted octanol–water partition coefficient (Wildman–Crippen LogP) is 2.77. The number of benzene rings is 1. The molecule has 134 valence electrons. The summed E-state index contributed by atoms with van der Waals surface area (Å²) in [5, 5.41) is 2.78. The van der Waals surface area contributed by atoms with Crippen molar-refractivity contribution in [2.24, 2.45) is 0 Å². The van der Waals surface area contributed by atoms with E-state index in [2.05, 4.69) is 15.0 Å². The fourth-order valence-corrected chi connectivity index (χ4v) is 2.52. The fraction of sp³-hybridized carbons (Fsp3) is 0.294. The van der Waals surface area contributed by atoms with Crippen molar-refractivity contribution in [3.8, 4) is 11.6 Å². The van der Waals surface area contributed by atoms with Crippen LogP contribution < -0.4 is 14.8 Å². The number of anilines is 1. The molecular weight excluding hydrogens is 342 g/mol. The number of aromatic nitrogens is 1. The summed E-state index contributed by atoms with van der Waals surface area (Å²) in [6.45, 7) is 5.33. The summed E-state index contributed by atoms with van der Waals surface area (Å²) in [7, 11) is -3.31. The molecule has 2 aromatic rings. The smallest absolute Gasteiger partial charge is 0.253 e. The molecule has 0 aliphatic heterocycles. The third-order valence-corrected chi connectivity index (χ3v) is 4.46. The summed E-state index contributed by atoms with van der Waals surface area (Å²) >= 11 is 0. The molecule has 8 heteroatoms. The number of sulfonamides is 1. The molecule has 0 aliphatic rings. The summed E-state index contributed by atoms with van der Waals surface area (Å²) in [4.78, 5) is 16.0. The Morgan fingerprint density at radius 2 is 1.84 bits per heavy atom. The van der Waals surface area contributed by atoms with Gasteiger partial charge in [0.25, 0.3) is 5.91 Å². The normalized spacial score (nSPS) is 11.2. The van der Waals surface area contributed by atoms with Gasteiger partial charge in [0.05, 0.1) is 11.3 Å². The van der Waals surface area contributed by atoms with Gasteiger partial charge in [-0.2, -0.15) is 0 Å². The summed E-state index contributed by atoms with van der Waals surface area (Å²) in [6.07, 6.45) is 1.44. The second-order valence-corrected chi connectivity index (χ2v) is 7.66. The van der Waals surface area contributed by atoms with Gasteiger partial charge in [0.15, 0.2) is 0 Å². The first-order valence-electron chi connectivity index (χ1n) is 7.84. The van der Waals surface area contributed by atoms with Gasteiger partial charge in [-0.1, -0.05) is 0 Å². The van der Waals surface area contributed by atoms with Gasteiger partial charge in [-0.25, -0.2) is 13.4 Å². The van der Waals surface area contributed by atoms with E-state index in [9.17, 15) is 13.2 Å². The monoisotopic (exact) mass is 363 g/mol. The van der Waals surface area contributed by atoms with Crippen molar-refractivity contribution in [1.82, 2.24) is 10.3 Å². The molecule has 2 rings (SSSR count). The number of nitrogens with zero attached hydrogens (tertiary/aromatic N) is 1. The Kier molecular flexibility index (Phi) is 5.97. The van der Waals surface area contributed by atoms with Crippen molar-refractivity contribution in [3.63, 3.8) is 0 Å². The topological polar surface area (TPSA) is 97.4 Å². The maximum atomic E-state index is 11.9. The molecule has 0 atom stereocenters. The highest BCUT2D eigenvalue weighted by Crippen LogP contribution is 2.22. The summed E-state index contributed by atoms with van der Waals surface area (Å²) in [5.41, 5.74) is 0.910. The van der Waals surface area contributed by atoms with Crippen molar-refractivity contribution in [2.45, 2.75) is 26.8 Å². The van der Waals surface area contributed by atoms with Crippen LogP contribution in [0, 0.1) is 0 Å². The highest BCUT2D eigenvalue weighted by molar-refractivity contribution is 7.92. The van der Waals surface area contributed by atoms with E-state index in [1.165, 1.54) is 6.20 Å². The number of hydrogen-bond acceptors (Lipinski definition) is 5. The molecule has 0 saturated carbocycles.